The molecule has 0 fully saturated rings. The van der Waals surface area contributed by atoms with Crippen LogP contribution in [0.15, 0.2) is 0 Å². The molecule has 1 N–H and O–H groups in total. The van der Waals surface area contributed by atoms with Gasteiger partial charge in [0.1, 0.15) is 5.54 Å². The summed E-state index contributed by atoms with van der Waals surface area (Å²) < 4.78 is 15.4. The molecule has 5 heteroatoms. The van der Waals surface area contributed by atoms with Crippen LogP contribution in [0.2, 0.25) is 0 Å². The first-order chi connectivity index (χ1) is 8.10. The minimum absolute atomic E-state index is 0.270. The molecule has 17 heavy (non-hydrogen) atoms. The van der Waals surface area contributed by atoms with Gasteiger partial charge in [-0.15, -0.1) is 0 Å². The van der Waals surface area contributed by atoms with Gasteiger partial charge in [-0.2, -0.15) is 0 Å². The third-order valence-corrected chi connectivity index (χ3v) is 2.32. The number of rotatable bonds is 10. The van der Waals surface area contributed by atoms with E-state index in [1.807, 2.05) is 6.92 Å². The first kappa shape index (κ1) is 16.4. The van der Waals surface area contributed by atoms with Crippen LogP contribution in [0.4, 0.5) is 0 Å². The number of esters is 1. The lowest BCUT2D eigenvalue weighted by Crippen LogP contribution is -2.54. The summed E-state index contributed by atoms with van der Waals surface area (Å²) in [4.78, 5) is 11.8. The van der Waals surface area contributed by atoms with E-state index >= 15 is 0 Å². The van der Waals surface area contributed by atoms with E-state index in [1.54, 1.807) is 21.0 Å². The maximum Gasteiger partial charge on any atom is 0.328 e. The van der Waals surface area contributed by atoms with Crippen molar-refractivity contribution in [3.05, 3.63) is 0 Å². The van der Waals surface area contributed by atoms with E-state index in [4.69, 9.17) is 14.2 Å². The van der Waals surface area contributed by atoms with Crippen molar-refractivity contribution in [3.63, 3.8) is 0 Å². The van der Waals surface area contributed by atoms with E-state index in [-0.39, 0.29) is 5.97 Å². The highest BCUT2D eigenvalue weighted by Gasteiger charge is 2.34. The second-order valence-electron chi connectivity index (χ2n) is 3.98. The van der Waals surface area contributed by atoms with Gasteiger partial charge < -0.3 is 19.5 Å². The normalized spacial score (nSPS) is 14.4. The highest BCUT2D eigenvalue weighted by molar-refractivity contribution is 5.80. The van der Waals surface area contributed by atoms with E-state index in [0.29, 0.717) is 33.0 Å². The van der Waals surface area contributed by atoms with Crippen LogP contribution in [0.5, 0.6) is 0 Å². The molecule has 0 heterocycles. The van der Waals surface area contributed by atoms with Gasteiger partial charge in [0.25, 0.3) is 0 Å². The summed E-state index contributed by atoms with van der Waals surface area (Å²) in [6, 6.07) is 0. The van der Waals surface area contributed by atoms with Crippen molar-refractivity contribution in [2.24, 2.45) is 0 Å². The lowest BCUT2D eigenvalue weighted by Gasteiger charge is -2.27. The standard InChI is InChI=1S/C12H25NO4/c1-5-13-12(3,11(14)17-6-2)10-16-9-7-8-15-4/h13H,5-10H2,1-4H3. The molecule has 0 radical (unpaired) electrons. The maximum absolute atomic E-state index is 11.8. The summed E-state index contributed by atoms with van der Waals surface area (Å²) in [6.45, 7) is 8.16. The van der Waals surface area contributed by atoms with Crippen molar-refractivity contribution >= 4 is 5.97 Å². The molecule has 0 saturated heterocycles. The third-order valence-electron chi connectivity index (χ3n) is 2.32. The predicted octanol–water partition coefficient (Wildman–Crippen LogP) is 0.971. The highest BCUT2D eigenvalue weighted by Crippen LogP contribution is 2.08. The van der Waals surface area contributed by atoms with E-state index in [2.05, 4.69) is 5.32 Å². The van der Waals surface area contributed by atoms with Gasteiger partial charge in [-0.3, -0.25) is 0 Å². The molecule has 0 aliphatic carbocycles. The molecule has 1 unspecified atom stereocenters. The van der Waals surface area contributed by atoms with E-state index < -0.39 is 5.54 Å². The highest BCUT2D eigenvalue weighted by atomic mass is 16.5. The lowest BCUT2D eigenvalue weighted by atomic mass is 10.0. The van der Waals surface area contributed by atoms with Gasteiger partial charge in [-0.1, -0.05) is 6.92 Å². The van der Waals surface area contributed by atoms with Crippen LogP contribution in [-0.2, 0) is 19.0 Å². The van der Waals surface area contributed by atoms with E-state index in [1.165, 1.54) is 0 Å². The van der Waals surface area contributed by atoms with Gasteiger partial charge >= 0.3 is 5.97 Å². The Balaban J connectivity index is 4.07. The van der Waals surface area contributed by atoms with Crippen LogP contribution in [0.1, 0.15) is 27.2 Å². The summed E-state index contributed by atoms with van der Waals surface area (Å²) in [5, 5.41) is 3.10. The Morgan fingerprint density at radius 3 is 2.53 bits per heavy atom. The lowest BCUT2D eigenvalue weighted by molar-refractivity contribution is -0.153. The number of carbonyl (C=O) groups excluding carboxylic acids is 1. The fourth-order valence-electron chi connectivity index (χ4n) is 1.44. The molecule has 0 amide bonds. The van der Waals surface area contributed by atoms with Gasteiger partial charge in [0.15, 0.2) is 0 Å². The Morgan fingerprint density at radius 2 is 2.00 bits per heavy atom. The summed E-state index contributed by atoms with van der Waals surface area (Å²) in [5.74, 6) is -0.270. The van der Waals surface area contributed by atoms with Gasteiger partial charge in [-0.05, 0) is 26.8 Å². The Bertz CT molecular complexity index is 211. The fraction of sp³-hybridized carbons (Fsp3) is 0.917. The summed E-state index contributed by atoms with van der Waals surface area (Å²) in [6.07, 6.45) is 0.821. The Kier molecular flexibility index (Phi) is 9.03. The molecule has 0 aromatic carbocycles. The molecule has 0 bridgehead atoms. The maximum atomic E-state index is 11.8. The van der Waals surface area contributed by atoms with Crippen LogP contribution >= 0.6 is 0 Å². The van der Waals surface area contributed by atoms with Crippen molar-refractivity contribution in [2.75, 3.05) is 40.1 Å². The van der Waals surface area contributed by atoms with Crippen molar-refractivity contribution < 1.29 is 19.0 Å². The smallest absolute Gasteiger partial charge is 0.328 e. The van der Waals surface area contributed by atoms with E-state index in [0.717, 1.165) is 6.42 Å². The molecule has 0 aliphatic heterocycles. The molecule has 0 aliphatic rings. The van der Waals surface area contributed by atoms with Crippen molar-refractivity contribution in [1.29, 1.82) is 0 Å². The zero-order chi connectivity index (χ0) is 13.1. The molecule has 0 saturated carbocycles. The largest absolute Gasteiger partial charge is 0.465 e. The molecule has 0 aromatic heterocycles. The van der Waals surface area contributed by atoms with Crippen LogP contribution in [0.25, 0.3) is 0 Å². The molecule has 102 valence electrons. The van der Waals surface area contributed by atoms with Gasteiger partial charge in [0.2, 0.25) is 0 Å². The number of likely N-dealkylation sites (N-methyl/N-ethyl adjacent to an activating group) is 1. The Labute approximate surface area is 104 Å². The van der Waals surface area contributed by atoms with Crippen molar-refractivity contribution in [3.8, 4) is 0 Å². The molecule has 0 aromatic rings. The van der Waals surface area contributed by atoms with Gasteiger partial charge in [0.05, 0.1) is 13.2 Å². The zero-order valence-electron chi connectivity index (χ0n) is 11.4. The molecular weight excluding hydrogens is 222 g/mol. The van der Waals surface area contributed by atoms with Gasteiger partial charge in [0, 0.05) is 20.3 Å². The second kappa shape index (κ2) is 9.39. The SMILES string of the molecule is CCNC(C)(COCCCOC)C(=O)OCC. The first-order valence-corrected chi connectivity index (χ1v) is 6.09. The number of carbonyl (C=O) groups is 1. The fourth-order valence-corrected chi connectivity index (χ4v) is 1.44. The first-order valence-electron chi connectivity index (χ1n) is 6.09. The molecular formula is C12H25NO4. The monoisotopic (exact) mass is 247 g/mol. The molecule has 0 rings (SSSR count). The van der Waals surface area contributed by atoms with Crippen LogP contribution < -0.4 is 5.32 Å². The second-order valence-corrected chi connectivity index (χ2v) is 3.98. The minimum Gasteiger partial charge on any atom is -0.465 e. The zero-order valence-corrected chi connectivity index (χ0v) is 11.4. The Hall–Kier alpha value is -0.650. The van der Waals surface area contributed by atoms with Crippen LogP contribution in [0, 0.1) is 0 Å². The average molecular weight is 247 g/mol. The number of hydrogen-bond acceptors (Lipinski definition) is 5. The summed E-state index contributed by atoms with van der Waals surface area (Å²) in [5.41, 5.74) is -0.766. The minimum atomic E-state index is -0.766. The molecule has 5 nitrogen and oxygen atoms in total. The van der Waals surface area contributed by atoms with Crippen molar-refractivity contribution in [2.45, 2.75) is 32.7 Å². The van der Waals surface area contributed by atoms with Crippen LogP contribution in [0.3, 0.4) is 0 Å². The quantitative estimate of drug-likeness (QED) is 0.460. The van der Waals surface area contributed by atoms with Gasteiger partial charge in [-0.25, -0.2) is 4.79 Å². The summed E-state index contributed by atoms with van der Waals surface area (Å²) >= 11 is 0. The number of nitrogens with one attached hydrogen (secondary N) is 1. The Morgan fingerprint density at radius 1 is 1.29 bits per heavy atom. The topological polar surface area (TPSA) is 56.8 Å². The van der Waals surface area contributed by atoms with Crippen LogP contribution in [-0.4, -0.2) is 51.6 Å². The number of hydrogen-bond donors (Lipinski definition) is 1. The average Bonchev–Trinajstić information content (AvgIpc) is 2.29. The third kappa shape index (κ3) is 6.61. The summed E-state index contributed by atoms with van der Waals surface area (Å²) in [7, 11) is 1.65. The number of methoxy groups -OCH3 is 1. The number of ether oxygens (including phenoxy) is 3. The predicted molar refractivity (Wildman–Crippen MR) is 66.0 cm³/mol. The molecule has 1 atom stereocenters. The van der Waals surface area contributed by atoms with Crippen molar-refractivity contribution in [1.82, 2.24) is 5.32 Å². The van der Waals surface area contributed by atoms with E-state index in [9.17, 15) is 4.79 Å². The molecule has 0 spiro atoms.